The molecule has 9 heteroatoms. The number of aromatic carboxylic acids is 1. The Labute approximate surface area is 207 Å². The first-order valence-corrected chi connectivity index (χ1v) is 11.8. The van der Waals surface area contributed by atoms with Gasteiger partial charge in [0.25, 0.3) is 0 Å². The van der Waals surface area contributed by atoms with Crippen LogP contribution < -0.4 is 5.73 Å². The number of halogens is 1. The number of ether oxygens (including phenoxy) is 1. The van der Waals surface area contributed by atoms with Crippen LogP contribution in [0.2, 0.25) is 0 Å². The Morgan fingerprint density at radius 1 is 1.25 bits per heavy atom. The van der Waals surface area contributed by atoms with Crippen LogP contribution in [-0.4, -0.2) is 51.3 Å². The van der Waals surface area contributed by atoms with Crippen molar-refractivity contribution in [1.29, 1.82) is 0 Å². The number of pyridine rings is 1. The molecule has 2 aromatic heterocycles. The fraction of sp³-hybridized carbons (Fsp3) is 0.370. The first kappa shape index (κ1) is 24.0. The molecule has 1 saturated heterocycles. The first-order chi connectivity index (χ1) is 16.9. The highest BCUT2D eigenvalue weighted by Gasteiger charge is 2.45. The molecule has 0 bridgehead atoms. The summed E-state index contributed by atoms with van der Waals surface area (Å²) in [5, 5.41) is 10.0. The summed E-state index contributed by atoms with van der Waals surface area (Å²) >= 11 is 0. The second-order valence-electron chi connectivity index (χ2n) is 10.6. The van der Waals surface area contributed by atoms with Crippen LogP contribution in [0.5, 0.6) is 0 Å². The topological polar surface area (TPSA) is 119 Å². The molecule has 1 fully saturated rings. The third-order valence-electron chi connectivity index (χ3n) is 6.47. The molecule has 5 rings (SSSR count). The number of likely N-dealkylation sites (tertiary alicyclic amines) is 1. The van der Waals surface area contributed by atoms with E-state index in [9.17, 15) is 19.1 Å². The van der Waals surface area contributed by atoms with Crippen molar-refractivity contribution in [1.82, 2.24) is 9.88 Å². The largest absolute Gasteiger partial charge is 0.478 e. The predicted octanol–water partition coefficient (Wildman–Crippen LogP) is 4.44. The Balaban J connectivity index is 1.45. The van der Waals surface area contributed by atoms with Gasteiger partial charge in [0.15, 0.2) is 0 Å². The quantitative estimate of drug-likeness (QED) is 0.552. The van der Waals surface area contributed by atoms with E-state index in [2.05, 4.69) is 4.98 Å². The van der Waals surface area contributed by atoms with Gasteiger partial charge in [0, 0.05) is 42.4 Å². The van der Waals surface area contributed by atoms with Gasteiger partial charge in [-0.1, -0.05) is 12.1 Å². The number of hydrogen-bond acceptors (Lipinski definition) is 6. The summed E-state index contributed by atoms with van der Waals surface area (Å²) in [4.78, 5) is 30.6. The molecule has 0 radical (unpaired) electrons. The van der Waals surface area contributed by atoms with E-state index in [-0.39, 0.29) is 36.7 Å². The number of carboxylic acids is 1. The van der Waals surface area contributed by atoms with Crippen LogP contribution in [0, 0.1) is 5.82 Å². The number of nitrogens with zero attached hydrogens (tertiary/aromatic N) is 2. The molecule has 1 aliphatic carbocycles. The average Bonchev–Trinajstić information content (AvgIpc) is 3.14. The van der Waals surface area contributed by atoms with Gasteiger partial charge in [-0.2, -0.15) is 0 Å². The lowest BCUT2D eigenvalue weighted by Gasteiger charge is -2.47. The summed E-state index contributed by atoms with van der Waals surface area (Å²) in [5.74, 6) is -0.675. The maximum absolute atomic E-state index is 13.8. The molecule has 3 aromatic rings. The van der Waals surface area contributed by atoms with E-state index in [0.29, 0.717) is 35.4 Å². The smallest absolute Gasteiger partial charge is 0.410 e. The third-order valence-corrected chi connectivity index (χ3v) is 6.47. The minimum atomic E-state index is -1.08. The number of nitrogens with two attached hydrogens (primary N) is 1. The second kappa shape index (κ2) is 8.44. The lowest BCUT2D eigenvalue weighted by molar-refractivity contribution is -0.00882. The number of carboxylic acid groups (broad SMARTS) is 1. The van der Waals surface area contributed by atoms with Crippen molar-refractivity contribution in [3.8, 4) is 22.6 Å². The molecule has 8 nitrogen and oxygen atoms in total. The number of aryl methyl sites for hydroxylation is 1. The van der Waals surface area contributed by atoms with Gasteiger partial charge in [-0.25, -0.2) is 14.0 Å². The molecule has 3 heterocycles. The van der Waals surface area contributed by atoms with Crippen LogP contribution in [-0.2, 0) is 24.0 Å². The van der Waals surface area contributed by atoms with Gasteiger partial charge in [-0.05, 0) is 57.4 Å². The molecular formula is C27H28FN3O5. The number of furan rings is 1. The molecule has 1 aromatic carbocycles. The minimum absolute atomic E-state index is 0.125. The Hall–Kier alpha value is -3.72. The van der Waals surface area contributed by atoms with Crippen molar-refractivity contribution < 1.29 is 28.2 Å². The molecule has 1 aliphatic heterocycles. The Bertz CT molecular complexity index is 1370. The average molecular weight is 494 g/mol. The fourth-order valence-corrected chi connectivity index (χ4v) is 4.91. The van der Waals surface area contributed by atoms with Crippen LogP contribution in [0.15, 0.2) is 40.9 Å². The number of amides is 1. The maximum Gasteiger partial charge on any atom is 0.410 e. The molecule has 0 saturated carbocycles. The van der Waals surface area contributed by atoms with E-state index >= 15 is 0 Å². The molecular weight excluding hydrogens is 465 g/mol. The van der Waals surface area contributed by atoms with E-state index in [0.717, 1.165) is 11.1 Å². The molecule has 0 unspecified atom stereocenters. The number of carbonyl (C=O) groups excluding carboxylic acids is 1. The highest BCUT2D eigenvalue weighted by Crippen LogP contribution is 2.41. The maximum atomic E-state index is 13.8. The van der Waals surface area contributed by atoms with E-state index in [1.54, 1.807) is 39.1 Å². The summed E-state index contributed by atoms with van der Waals surface area (Å²) in [6.45, 7) is 5.84. The van der Waals surface area contributed by atoms with E-state index in [1.165, 1.54) is 17.0 Å². The van der Waals surface area contributed by atoms with Gasteiger partial charge in [0.1, 0.15) is 28.5 Å². The normalized spacial score (nSPS) is 16.1. The highest BCUT2D eigenvalue weighted by molar-refractivity contribution is 5.94. The van der Waals surface area contributed by atoms with Crippen LogP contribution in [0.4, 0.5) is 9.18 Å². The summed E-state index contributed by atoms with van der Waals surface area (Å²) in [5.41, 5.74) is 8.68. The molecule has 2 aliphatic rings. The van der Waals surface area contributed by atoms with Crippen molar-refractivity contribution in [3.63, 3.8) is 0 Å². The molecule has 0 spiro atoms. The molecule has 188 valence electrons. The number of fused-ring (bicyclic) bond motifs is 3. The second-order valence-corrected chi connectivity index (χ2v) is 10.6. The number of rotatable bonds is 4. The molecule has 3 N–H and O–H groups in total. The van der Waals surface area contributed by atoms with Gasteiger partial charge in [-0.3, -0.25) is 4.98 Å². The van der Waals surface area contributed by atoms with Crippen molar-refractivity contribution >= 4 is 12.1 Å². The van der Waals surface area contributed by atoms with Gasteiger partial charge < -0.3 is 24.9 Å². The molecule has 0 atom stereocenters. The minimum Gasteiger partial charge on any atom is -0.478 e. The van der Waals surface area contributed by atoms with Crippen LogP contribution in [0.1, 0.15) is 48.0 Å². The Kier molecular flexibility index (Phi) is 5.63. The Morgan fingerprint density at radius 2 is 2.00 bits per heavy atom. The zero-order valence-corrected chi connectivity index (χ0v) is 20.4. The Morgan fingerprint density at radius 3 is 2.67 bits per heavy atom. The summed E-state index contributed by atoms with van der Waals surface area (Å²) in [6, 6.07) is 7.96. The standard InChI is InChI=1S/C27H28FN3O5/c1-26(2,3)36-25(34)31-13-27(29,14-31)11-21-22(24(32)33)18-8-7-16-12-30-20(10-19(16)23(18)35-21)15-5-4-6-17(28)9-15/h4-6,9-10,12H,7-8,11,13-14,29H2,1-3H3,(H,32,33). The van der Waals surface area contributed by atoms with E-state index < -0.39 is 23.2 Å². The molecule has 1 amide bonds. The lowest BCUT2D eigenvalue weighted by atomic mass is 9.84. The van der Waals surface area contributed by atoms with Gasteiger partial charge in [0.2, 0.25) is 0 Å². The number of carbonyl (C=O) groups is 2. The van der Waals surface area contributed by atoms with Crippen LogP contribution >= 0.6 is 0 Å². The highest BCUT2D eigenvalue weighted by atomic mass is 19.1. The van der Waals surface area contributed by atoms with E-state index in [4.69, 9.17) is 14.9 Å². The number of benzene rings is 1. The summed E-state index contributed by atoms with van der Waals surface area (Å²) in [7, 11) is 0. The van der Waals surface area contributed by atoms with Crippen molar-refractivity contribution in [2.24, 2.45) is 5.73 Å². The van der Waals surface area contributed by atoms with E-state index in [1.807, 2.05) is 6.07 Å². The summed E-state index contributed by atoms with van der Waals surface area (Å²) < 4.78 is 25.4. The van der Waals surface area contributed by atoms with Gasteiger partial charge in [0.05, 0.1) is 11.2 Å². The number of aromatic nitrogens is 1. The summed E-state index contributed by atoms with van der Waals surface area (Å²) in [6.07, 6.45) is 2.55. The monoisotopic (exact) mass is 493 g/mol. The van der Waals surface area contributed by atoms with Crippen LogP contribution in [0.3, 0.4) is 0 Å². The van der Waals surface area contributed by atoms with Crippen molar-refractivity contribution in [2.75, 3.05) is 13.1 Å². The third kappa shape index (κ3) is 4.46. The fourth-order valence-electron chi connectivity index (χ4n) is 4.91. The molecule has 36 heavy (non-hydrogen) atoms. The van der Waals surface area contributed by atoms with Crippen molar-refractivity contribution in [3.05, 3.63) is 64.8 Å². The zero-order chi connectivity index (χ0) is 25.8. The first-order valence-electron chi connectivity index (χ1n) is 11.8. The van der Waals surface area contributed by atoms with Gasteiger partial charge in [-0.15, -0.1) is 0 Å². The SMILES string of the molecule is CC(C)(C)OC(=O)N1CC(N)(Cc2oc3c(c2C(=O)O)CCc2cnc(-c4cccc(F)c4)cc2-3)C1. The number of hydrogen-bond donors (Lipinski definition) is 2. The van der Waals surface area contributed by atoms with Gasteiger partial charge >= 0.3 is 12.1 Å². The van der Waals surface area contributed by atoms with Crippen molar-refractivity contribution in [2.45, 2.75) is 51.2 Å². The van der Waals surface area contributed by atoms with Crippen LogP contribution in [0.25, 0.3) is 22.6 Å². The predicted molar refractivity (Wildman–Crippen MR) is 130 cm³/mol. The zero-order valence-electron chi connectivity index (χ0n) is 20.4. The lowest BCUT2D eigenvalue weighted by Crippen LogP contribution is -2.70.